The van der Waals surface area contributed by atoms with Crippen molar-refractivity contribution in [2.75, 3.05) is 6.54 Å². The van der Waals surface area contributed by atoms with Crippen LogP contribution in [-0.4, -0.2) is 23.4 Å². The average molecular weight is 336 g/mol. The van der Waals surface area contributed by atoms with E-state index in [0.717, 1.165) is 41.2 Å². The highest BCUT2D eigenvalue weighted by molar-refractivity contribution is 9.10. The van der Waals surface area contributed by atoms with Crippen molar-refractivity contribution in [3.05, 3.63) is 34.5 Å². The largest absolute Gasteiger partial charge is 0.451 e. The first-order chi connectivity index (χ1) is 9.69. The Balaban J connectivity index is 1.91. The third-order valence-corrected chi connectivity index (χ3v) is 4.55. The molecule has 3 nitrogen and oxygen atoms in total. The number of carbonyl (C=O) groups excluding carboxylic acids is 1. The molecular weight excluding hydrogens is 318 g/mol. The zero-order valence-corrected chi connectivity index (χ0v) is 13.1. The highest BCUT2D eigenvalue weighted by Gasteiger charge is 2.28. The number of amides is 1. The molecule has 1 fully saturated rings. The summed E-state index contributed by atoms with van der Waals surface area (Å²) >= 11 is 3.42. The van der Waals surface area contributed by atoms with E-state index in [1.54, 1.807) is 0 Å². The van der Waals surface area contributed by atoms with Crippen molar-refractivity contribution in [1.29, 1.82) is 0 Å². The Hall–Kier alpha value is -1.29. The van der Waals surface area contributed by atoms with Gasteiger partial charge in [-0.1, -0.05) is 22.9 Å². The van der Waals surface area contributed by atoms with Crippen LogP contribution in [0, 0.1) is 0 Å². The van der Waals surface area contributed by atoms with Gasteiger partial charge in [-0.05, 0) is 49.9 Å². The maximum atomic E-state index is 12.6. The molecular formula is C16H18BrNO2. The Labute approximate surface area is 127 Å². The third kappa shape index (κ3) is 2.49. The van der Waals surface area contributed by atoms with E-state index in [0.29, 0.717) is 11.8 Å². The van der Waals surface area contributed by atoms with Crippen molar-refractivity contribution >= 4 is 32.8 Å². The molecule has 0 aliphatic carbocycles. The molecule has 0 bridgehead atoms. The van der Waals surface area contributed by atoms with E-state index < -0.39 is 0 Å². The number of halogens is 1. The van der Waals surface area contributed by atoms with E-state index in [4.69, 9.17) is 4.42 Å². The number of nitrogens with zero attached hydrogens (tertiary/aromatic N) is 1. The van der Waals surface area contributed by atoms with Crippen LogP contribution in [0.15, 0.2) is 33.2 Å². The van der Waals surface area contributed by atoms with Crippen LogP contribution >= 0.6 is 15.9 Å². The number of hydrogen-bond acceptors (Lipinski definition) is 2. The van der Waals surface area contributed by atoms with E-state index >= 15 is 0 Å². The number of fused-ring (bicyclic) bond motifs is 1. The Morgan fingerprint density at radius 2 is 2.25 bits per heavy atom. The highest BCUT2D eigenvalue weighted by atomic mass is 79.9. The van der Waals surface area contributed by atoms with Gasteiger partial charge in [0, 0.05) is 22.4 Å². The van der Waals surface area contributed by atoms with Gasteiger partial charge in [0.1, 0.15) is 5.58 Å². The maximum absolute atomic E-state index is 12.6. The number of likely N-dealkylation sites (tertiary alicyclic amines) is 1. The van der Waals surface area contributed by atoms with Gasteiger partial charge in [-0.25, -0.2) is 0 Å². The van der Waals surface area contributed by atoms with Crippen molar-refractivity contribution in [1.82, 2.24) is 4.90 Å². The van der Waals surface area contributed by atoms with Crippen LogP contribution in [0.2, 0.25) is 0 Å². The van der Waals surface area contributed by atoms with Gasteiger partial charge in [-0.2, -0.15) is 0 Å². The lowest BCUT2D eigenvalue weighted by Crippen LogP contribution is -2.43. The van der Waals surface area contributed by atoms with Crippen LogP contribution in [-0.2, 0) is 0 Å². The lowest BCUT2D eigenvalue weighted by Gasteiger charge is -2.34. The van der Waals surface area contributed by atoms with Crippen molar-refractivity contribution in [3.63, 3.8) is 0 Å². The Morgan fingerprint density at radius 1 is 1.40 bits per heavy atom. The van der Waals surface area contributed by atoms with Gasteiger partial charge in [0.25, 0.3) is 5.91 Å². The summed E-state index contributed by atoms with van der Waals surface area (Å²) in [5, 5.41) is 0.974. The van der Waals surface area contributed by atoms with Crippen LogP contribution in [0.25, 0.3) is 11.0 Å². The molecule has 1 aliphatic rings. The quantitative estimate of drug-likeness (QED) is 0.803. The second-order valence-electron chi connectivity index (χ2n) is 5.35. The van der Waals surface area contributed by atoms with Crippen LogP contribution in [0.5, 0.6) is 0 Å². The average Bonchev–Trinajstić information content (AvgIpc) is 2.89. The molecule has 1 unspecified atom stereocenters. The van der Waals surface area contributed by atoms with Gasteiger partial charge in [-0.3, -0.25) is 4.79 Å². The standard InChI is InChI=1S/C16H18BrNO2/c1-2-13-5-3-4-8-18(13)16(19)15-9-11-6-7-12(17)10-14(11)20-15/h6-7,9-10,13H,2-5,8H2,1H3. The fourth-order valence-corrected chi connectivity index (χ4v) is 3.28. The summed E-state index contributed by atoms with van der Waals surface area (Å²) in [6.45, 7) is 2.99. The minimum Gasteiger partial charge on any atom is -0.451 e. The van der Waals surface area contributed by atoms with Gasteiger partial charge < -0.3 is 9.32 Å². The van der Waals surface area contributed by atoms with Gasteiger partial charge >= 0.3 is 0 Å². The molecule has 1 aromatic carbocycles. The molecule has 0 saturated carbocycles. The van der Waals surface area contributed by atoms with Crippen LogP contribution in [0.1, 0.15) is 43.2 Å². The molecule has 106 valence electrons. The van der Waals surface area contributed by atoms with Gasteiger partial charge in [0.15, 0.2) is 5.76 Å². The van der Waals surface area contributed by atoms with E-state index in [9.17, 15) is 4.79 Å². The molecule has 20 heavy (non-hydrogen) atoms. The van der Waals surface area contributed by atoms with Gasteiger partial charge in [-0.15, -0.1) is 0 Å². The SMILES string of the molecule is CCC1CCCCN1C(=O)c1cc2ccc(Br)cc2o1. The predicted molar refractivity (Wildman–Crippen MR) is 82.9 cm³/mol. The second-order valence-corrected chi connectivity index (χ2v) is 6.26. The normalized spacial score (nSPS) is 19.5. The molecule has 1 saturated heterocycles. The molecule has 2 aromatic rings. The maximum Gasteiger partial charge on any atom is 0.289 e. The molecule has 1 aromatic heterocycles. The zero-order valence-electron chi connectivity index (χ0n) is 11.6. The Kier molecular flexibility index (Phi) is 3.83. The van der Waals surface area contributed by atoms with E-state index in [2.05, 4.69) is 22.9 Å². The lowest BCUT2D eigenvalue weighted by molar-refractivity contribution is 0.0578. The fraction of sp³-hybridized carbons (Fsp3) is 0.438. The number of benzene rings is 1. The second kappa shape index (κ2) is 5.60. The summed E-state index contributed by atoms with van der Waals surface area (Å²) in [4.78, 5) is 14.6. The number of piperidine rings is 1. The van der Waals surface area contributed by atoms with Crippen LogP contribution in [0.4, 0.5) is 0 Å². The van der Waals surface area contributed by atoms with Crippen molar-refractivity contribution in [2.24, 2.45) is 0 Å². The molecule has 0 radical (unpaired) electrons. The lowest BCUT2D eigenvalue weighted by atomic mass is 10.00. The molecule has 0 N–H and O–H groups in total. The third-order valence-electron chi connectivity index (χ3n) is 4.05. The Morgan fingerprint density at radius 3 is 3.05 bits per heavy atom. The molecule has 4 heteroatoms. The summed E-state index contributed by atoms with van der Waals surface area (Å²) in [6, 6.07) is 8.04. The van der Waals surface area contributed by atoms with Crippen molar-refractivity contribution < 1.29 is 9.21 Å². The predicted octanol–water partition coefficient (Wildman–Crippen LogP) is 4.60. The van der Waals surface area contributed by atoms with Crippen molar-refractivity contribution in [2.45, 2.75) is 38.6 Å². The zero-order chi connectivity index (χ0) is 14.1. The number of furan rings is 1. The fourth-order valence-electron chi connectivity index (χ4n) is 2.94. The smallest absolute Gasteiger partial charge is 0.289 e. The summed E-state index contributed by atoms with van der Waals surface area (Å²) < 4.78 is 6.70. The molecule has 1 amide bonds. The van der Waals surface area contributed by atoms with Crippen LogP contribution in [0.3, 0.4) is 0 Å². The van der Waals surface area contributed by atoms with Crippen molar-refractivity contribution in [3.8, 4) is 0 Å². The Bertz CT molecular complexity index is 634. The first-order valence-corrected chi connectivity index (χ1v) is 7.98. The van der Waals surface area contributed by atoms with Gasteiger partial charge in [0.2, 0.25) is 0 Å². The molecule has 2 heterocycles. The first-order valence-electron chi connectivity index (χ1n) is 7.19. The van der Waals surface area contributed by atoms with E-state index in [-0.39, 0.29) is 5.91 Å². The summed E-state index contributed by atoms with van der Waals surface area (Å²) in [6.07, 6.45) is 4.43. The minimum absolute atomic E-state index is 0.0314. The van der Waals surface area contributed by atoms with Crippen LogP contribution < -0.4 is 0 Å². The molecule has 3 rings (SSSR count). The van der Waals surface area contributed by atoms with E-state index in [1.165, 1.54) is 6.42 Å². The van der Waals surface area contributed by atoms with Gasteiger partial charge in [0.05, 0.1) is 0 Å². The molecule has 0 spiro atoms. The highest BCUT2D eigenvalue weighted by Crippen LogP contribution is 2.27. The number of hydrogen-bond donors (Lipinski definition) is 0. The monoisotopic (exact) mass is 335 g/mol. The number of rotatable bonds is 2. The molecule has 1 aliphatic heterocycles. The summed E-state index contributed by atoms with van der Waals surface area (Å²) in [5.41, 5.74) is 0.757. The van der Waals surface area contributed by atoms with E-state index in [1.807, 2.05) is 29.2 Å². The summed E-state index contributed by atoms with van der Waals surface area (Å²) in [5.74, 6) is 0.488. The minimum atomic E-state index is 0.0314. The molecule has 1 atom stereocenters. The number of carbonyl (C=O) groups is 1. The first kappa shape index (κ1) is 13.7. The summed E-state index contributed by atoms with van der Waals surface area (Å²) in [7, 11) is 0. The topological polar surface area (TPSA) is 33.5 Å².